The highest BCUT2D eigenvalue weighted by atomic mass is 16.6. The van der Waals surface area contributed by atoms with Crippen molar-refractivity contribution in [2.75, 3.05) is 13.7 Å². The molecule has 0 amide bonds. The maximum Gasteiger partial charge on any atom is 0.314 e. The van der Waals surface area contributed by atoms with Crippen molar-refractivity contribution < 1.29 is 38.8 Å². The molecule has 2 N–H and O–H groups in total. The van der Waals surface area contributed by atoms with Crippen LogP contribution in [0.1, 0.15) is 87.0 Å². The van der Waals surface area contributed by atoms with E-state index in [-0.39, 0.29) is 53.4 Å². The van der Waals surface area contributed by atoms with Gasteiger partial charge in [-0.1, -0.05) is 38.5 Å². The number of carbonyl (C=O) groups excluding carboxylic acids is 3. The van der Waals surface area contributed by atoms with E-state index < -0.39 is 34.2 Å². The van der Waals surface area contributed by atoms with Gasteiger partial charge in [-0.05, 0) is 81.0 Å². The lowest BCUT2D eigenvalue weighted by Gasteiger charge is -2.66. The number of esters is 2. The van der Waals surface area contributed by atoms with Crippen LogP contribution in [-0.2, 0) is 28.6 Å². The van der Waals surface area contributed by atoms with Crippen molar-refractivity contribution in [3.05, 3.63) is 23.3 Å². The summed E-state index contributed by atoms with van der Waals surface area (Å²) in [5.74, 6) is -0.750. The summed E-state index contributed by atoms with van der Waals surface area (Å²) in [5.41, 5.74) is -1.69. The third-order valence-corrected chi connectivity index (χ3v) is 12.2. The molecular formula is C33H48O8. The second-order valence-corrected chi connectivity index (χ2v) is 15.0. The lowest BCUT2D eigenvalue weighted by Crippen LogP contribution is -2.64. The third-order valence-electron chi connectivity index (χ3n) is 12.2. The lowest BCUT2D eigenvalue weighted by atomic mass is 9.39. The summed E-state index contributed by atoms with van der Waals surface area (Å²) in [6, 6.07) is 0. The quantitative estimate of drug-likeness (QED) is 0.373. The SMILES string of the molecule is COC(=O)[C@@]1(C)CO[C@H](O)C[C@]2(C)[C@H]3CC[C@]4(C)C(=CC[C@H]4[C@H]4C=C(C(C)(C)O)C(=O)C4)[C@]3(C)[C@H](OC(C)=O)C[C@H]21. The number of rotatable bonds is 4. The van der Waals surface area contributed by atoms with Crippen LogP contribution in [0, 0.1) is 45.3 Å². The first-order chi connectivity index (χ1) is 18.9. The summed E-state index contributed by atoms with van der Waals surface area (Å²) in [6.07, 6.45) is 6.56. The molecule has 0 bridgehead atoms. The van der Waals surface area contributed by atoms with Crippen molar-refractivity contribution in [3.63, 3.8) is 0 Å². The van der Waals surface area contributed by atoms with E-state index >= 15 is 0 Å². The van der Waals surface area contributed by atoms with E-state index in [4.69, 9.17) is 14.2 Å². The molecule has 1 saturated heterocycles. The average molecular weight is 573 g/mol. The minimum absolute atomic E-state index is 0.00388. The molecule has 1 aliphatic heterocycles. The molecule has 5 aliphatic rings. The molecule has 1 heterocycles. The number of aliphatic hydroxyl groups excluding tert-OH is 1. The zero-order valence-corrected chi connectivity index (χ0v) is 25.9. The molecule has 0 aromatic heterocycles. The Hall–Kier alpha value is -2.03. The zero-order chi connectivity index (χ0) is 30.3. The summed E-state index contributed by atoms with van der Waals surface area (Å²) in [5, 5.41) is 21.6. The molecule has 228 valence electrons. The number of hydrogen-bond acceptors (Lipinski definition) is 8. The van der Waals surface area contributed by atoms with Crippen LogP contribution < -0.4 is 0 Å². The van der Waals surface area contributed by atoms with Gasteiger partial charge in [0.1, 0.15) is 6.10 Å². The first-order valence-electron chi connectivity index (χ1n) is 15.2. The van der Waals surface area contributed by atoms with Gasteiger partial charge in [-0.15, -0.1) is 0 Å². The van der Waals surface area contributed by atoms with E-state index in [2.05, 4.69) is 26.8 Å². The van der Waals surface area contributed by atoms with Crippen molar-refractivity contribution >= 4 is 17.7 Å². The molecule has 2 saturated carbocycles. The van der Waals surface area contributed by atoms with E-state index in [9.17, 15) is 24.6 Å². The molecule has 5 rings (SSSR count). The summed E-state index contributed by atoms with van der Waals surface area (Å²) in [7, 11) is 1.38. The maximum atomic E-state index is 13.3. The molecule has 3 fully saturated rings. The molecule has 8 nitrogen and oxygen atoms in total. The monoisotopic (exact) mass is 572 g/mol. The Morgan fingerprint density at radius 3 is 2.41 bits per heavy atom. The van der Waals surface area contributed by atoms with Gasteiger partial charge in [-0.2, -0.15) is 0 Å². The van der Waals surface area contributed by atoms with E-state index in [1.165, 1.54) is 19.6 Å². The molecule has 41 heavy (non-hydrogen) atoms. The fraction of sp³-hybridized carbons (Fsp3) is 0.788. The van der Waals surface area contributed by atoms with Gasteiger partial charge in [0.05, 0.1) is 24.7 Å². The van der Waals surface area contributed by atoms with E-state index in [1.807, 2.05) is 13.0 Å². The molecule has 10 atom stereocenters. The summed E-state index contributed by atoms with van der Waals surface area (Å²) in [4.78, 5) is 38.8. The van der Waals surface area contributed by atoms with Gasteiger partial charge in [-0.25, -0.2) is 0 Å². The largest absolute Gasteiger partial charge is 0.469 e. The number of Topliss-reactive ketones (excluding diaryl/α,β-unsaturated/α-hetero) is 1. The second kappa shape index (κ2) is 9.75. The van der Waals surface area contributed by atoms with Gasteiger partial charge >= 0.3 is 11.9 Å². The topological polar surface area (TPSA) is 119 Å². The molecular weight excluding hydrogens is 524 g/mol. The highest BCUT2D eigenvalue weighted by molar-refractivity contribution is 5.99. The third kappa shape index (κ3) is 4.37. The van der Waals surface area contributed by atoms with Crippen molar-refractivity contribution in [1.82, 2.24) is 0 Å². The Labute approximate surface area is 243 Å². The predicted molar refractivity (Wildman–Crippen MR) is 151 cm³/mol. The Bertz CT molecular complexity index is 1200. The van der Waals surface area contributed by atoms with Gasteiger partial charge in [-0.3, -0.25) is 14.4 Å². The first-order valence-corrected chi connectivity index (χ1v) is 15.2. The van der Waals surface area contributed by atoms with Crippen molar-refractivity contribution in [1.29, 1.82) is 0 Å². The average Bonchev–Trinajstić information content (AvgIpc) is 3.40. The molecule has 4 aliphatic carbocycles. The second-order valence-electron chi connectivity index (χ2n) is 15.0. The van der Waals surface area contributed by atoms with Crippen molar-refractivity contribution in [2.24, 2.45) is 45.3 Å². The van der Waals surface area contributed by atoms with Gasteiger partial charge in [0.15, 0.2) is 12.1 Å². The van der Waals surface area contributed by atoms with Crippen molar-refractivity contribution in [3.8, 4) is 0 Å². The normalized spacial score (nSPS) is 46.0. The number of ether oxygens (including phenoxy) is 3. The zero-order valence-electron chi connectivity index (χ0n) is 25.9. The summed E-state index contributed by atoms with van der Waals surface area (Å²) in [6.45, 7) is 13.3. The fourth-order valence-corrected chi connectivity index (χ4v) is 10.4. The van der Waals surface area contributed by atoms with Crippen LogP contribution in [0.3, 0.4) is 0 Å². The smallest absolute Gasteiger partial charge is 0.314 e. The van der Waals surface area contributed by atoms with Crippen LogP contribution in [0.4, 0.5) is 0 Å². The van der Waals surface area contributed by atoms with Gasteiger partial charge in [0.25, 0.3) is 0 Å². The number of methoxy groups -OCH3 is 1. The standard InChI is InChI=1S/C33H48O8/c1-18(34)41-26-15-25-31(5,16-27(36)40-17-32(25,6)28(37)39-8)24-11-12-30(4)20(9-10-23(30)33(24,26)7)19-13-21(22(35)14-19)29(2,3)38/h10,13,19-20,24-27,36,38H,9,11-12,14-17H2,1-8H3/t19-,20-,24+,25+,26+,27-,30-,31+,32-,33-/m0/s1. The molecule has 0 radical (unpaired) electrons. The number of allylic oxidation sites excluding steroid dienone is 2. The number of ketones is 1. The lowest BCUT2D eigenvalue weighted by molar-refractivity contribution is -0.203. The molecule has 0 spiro atoms. The Kier molecular flexibility index (Phi) is 7.23. The highest BCUT2D eigenvalue weighted by Gasteiger charge is 2.70. The highest BCUT2D eigenvalue weighted by Crippen LogP contribution is 2.73. The molecule has 0 unspecified atom stereocenters. The maximum absolute atomic E-state index is 13.3. The Balaban J connectivity index is 1.59. The molecule has 0 aromatic carbocycles. The van der Waals surface area contributed by atoms with Crippen LogP contribution in [0.2, 0.25) is 0 Å². The Morgan fingerprint density at radius 2 is 1.83 bits per heavy atom. The number of fused-ring (bicyclic) bond motifs is 5. The first kappa shape index (κ1) is 30.4. The van der Waals surface area contributed by atoms with Crippen LogP contribution in [0.25, 0.3) is 0 Å². The van der Waals surface area contributed by atoms with Gasteiger partial charge < -0.3 is 24.4 Å². The number of hydrogen-bond donors (Lipinski definition) is 2. The summed E-state index contributed by atoms with van der Waals surface area (Å²) >= 11 is 0. The van der Waals surface area contributed by atoms with Crippen molar-refractivity contribution in [2.45, 2.75) is 105 Å². The van der Waals surface area contributed by atoms with E-state index in [0.717, 1.165) is 19.3 Å². The number of aliphatic hydroxyl groups is 2. The molecule has 0 aromatic rings. The van der Waals surface area contributed by atoms with Gasteiger partial charge in [0, 0.05) is 30.8 Å². The van der Waals surface area contributed by atoms with Crippen LogP contribution in [-0.4, -0.2) is 59.6 Å². The van der Waals surface area contributed by atoms with Crippen LogP contribution >= 0.6 is 0 Å². The minimum atomic E-state index is -1.17. The summed E-state index contributed by atoms with van der Waals surface area (Å²) < 4.78 is 17.3. The van der Waals surface area contributed by atoms with Crippen LogP contribution in [0.5, 0.6) is 0 Å². The van der Waals surface area contributed by atoms with E-state index in [1.54, 1.807) is 13.8 Å². The predicted octanol–water partition coefficient (Wildman–Crippen LogP) is 4.52. The minimum Gasteiger partial charge on any atom is -0.469 e. The fourth-order valence-electron chi connectivity index (χ4n) is 10.4. The van der Waals surface area contributed by atoms with Gasteiger partial charge in [0.2, 0.25) is 0 Å². The molecule has 8 heteroatoms. The Morgan fingerprint density at radius 1 is 1.15 bits per heavy atom. The van der Waals surface area contributed by atoms with E-state index in [0.29, 0.717) is 24.8 Å². The van der Waals surface area contributed by atoms with Crippen LogP contribution in [0.15, 0.2) is 23.3 Å². The number of carbonyl (C=O) groups is 3.